The van der Waals surface area contributed by atoms with Gasteiger partial charge in [0, 0.05) is 11.8 Å². The third-order valence-electron chi connectivity index (χ3n) is 2.68. The molecule has 0 fully saturated rings. The molecule has 0 bridgehead atoms. The average Bonchev–Trinajstić information content (AvgIpc) is 2.43. The number of azo groups is 1. The van der Waals surface area contributed by atoms with Crippen LogP contribution in [-0.4, -0.2) is 16.8 Å². The first-order valence-electron chi connectivity index (χ1n) is 5.32. The number of fused-ring (bicyclic) bond motifs is 1. The molecule has 18 heavy (non-hydrogen) atoms. The van der Waals surface area contributed by atoms with Crippen molar-refractivity contribution in [3.8, 4) is 11.3 Å². The minimum atomic E-state index is -0.508. The third kappa shape index (κ3) is 1.53. The molecule has 0 saturated heterocycles. The van der Waals surface area contributed by atoms with Gasteiger partial charge in [0.05, 0.1) is 16.8 Å². The zero-order valence-corrected chi connectivity index (χ0v) is 9.20. The molecule has 1 aromatic carbocycles. The van der Waals surface area contributed by atoms with Crippen LogP contribution in [0.5, 0.6) is 0 Å². The van der Waals surface area contributed by atoms with Gasteiger partial charge in [-0.05, 0) is 18.2 Å². The molecule has 5 nitrogen and oxygen atoms in total. The zero-order valence-electron chi connectivity index (χ0n) is 9.20. The van der Waals surface area contributed by atoms with Gasteiger partial charge in [0.25, 0.3) is 11.8 Å². The highest BCUT2D eigenvalue weighted by Gasteiger charge is 2.25. The molecule has 0 unspecified atom stereocenters. The third-order valence-corrected chi connectivity index (χ3v) is 2.68. The van der Waals surface area contributed by atoms with E-state index in [1.807, 2.05) is 6.07 Å². The van der Waals surface area contributed by atoms with Crippen LogP contribution < -0.4 is 0 Å². The van der Waals surface area contributed by atoms with Crippen LogP contribution in [0.2, 0.25) is 0 Å². The molecule has 1 aromatic heterocycles. The molecule has 0 spiro atoms. The monoisotopic (exact) mass is 237 g/mol. The molecule has 0 atom stereocenters. The molecule has 86 valence electrons. The van der Waals surface area contributed by atoms with Gasteiger partial charge < -0.3 is 0 Å². The van der Waals surface area contributed by atoms with Gasteiger partial charge in [-0.2, -0.15) is 0 Å². The van der Waals surface area contributed by atoms with Gasteiger partial charge in [-0.3, -0.25) is 14.6 Å². The number of hydrogen-bond acceptors (Lipinski definition) is 3. The van der Waals surface area contributed by atoms with Crippen LogP contribution in [0.1, 0.15) is 20.7 Å². The highest BCUT2D eigenvalue weighted by atomic mass is 16.2. The summed E-state index contributed by atoms with van der Waals surface area (Å²) in [6.45, 7) is 0. The summed E-state index contributed by atoms with van der Waals surface area (Å²) >= 11 is 0. The Morgan fingerprint density at radius 3 is 2.33 bits per heavy atom. The smallest absolute Gasteiger partial charge is 0.265 e. The Kier molecular flexibility index (Phi) is 2.30. The summed E-state index contributed by atoms with van der Waals surface area (Å²) in [6, 6.07) is 10.4. The quantitative estimate of drug-likeness (QED) is 0.764. The summed E-state index contributed by atoms with van der Waals surface area (Å²) < 4.78 is 0. The fourth-order valence-corrected chi connectivity index (χ4v) is 1.89. The molecule has 0 N–H and O–H groups in total. The molecule has 2 heterocycles. The van der Waals surface area contributed by atoms with Crippen molar-refractivity contribution in [1.82, 2.24) is 4.98 Å². The van der Waals surface area contributed by atoms with E-state index in [0.717, 1.165) is 0 Å². The van der Waals surface area contributed by atoms with E-state index in [4.69, 9.17) is 0 Å². The molecule has 0 saturated carbocycles. The molecule has 3 rings (SSSR count). The van der Waals surface area contributed by atoms with Crippen molar-refractivity contribution in [2.24, 2.45) is 10.2 Å². The van der Waals surface area contributed by atoms with Crippen LogP contribution in [0.15, 0.2) is 52.8 Å². The van der Waals surface area contributed by atoms with Gasteiger partial charge in [-0.1, -0.05) is 18.2 Å². The summed E-state index contributed by atoms with van der Waals surface area (Å²) in [7, 11) is 0. The summed E-state index contributed by atoms with van der Waals surface area (Å²) in [5, 5.41) is 6.65. The predicted molar refractivity (Wildman–Crippen MR) is 63.2 cm³/mol. The van der Waals surface area contributed by atoms with Crippen molar-refractivity contribution >= 4 is 11.8 Å². The lowest BCUT2D eigenvalue weighted by Gasteiger charge is -2.11. The van der Waals surface area contributed by atoms with Crippen LogP contribution in [0.25, 0.3) is 11.3 Å². The fourth-order valence-electron chi connectivity index (χ4n) is 1.89. The molecule has 1 aliphatic heterocycles. The van der Waals surface area contributed by atoms with Gasteiger partial charge >= 0.3 is 0 Å². The number of rotatable bonds is 1. The van der Waals surface area contributed by atoms with E-state index in [1.165, 1.54) is 0 Å². The Balaban J connectivity index is 2.29. The van der Waals surface area contributed by atoms with Gasteiger partial charge in [0.2, 0.25) is 0 Å². The molecule has 2 amide bonds. The number of amides is 2. The molecule has 0 radical (unpaired) electrons. The topological polar surface area (TPSA) is 71.8 Å². The van der Waals surface area contributed by atoms with E-state index in [9.17, 15) is 9.59 Å². The van der Waals surface area contributed by atoms with Crippen molar-refractivity contribution in [3.63, 3.8) is 0 Å². The van der Waals surface area contributed by atoms with Gasteiger partial charge in [0.15, 0.2) is 0 Å². The summed E-state index contributed by atoms with van der Waals surface area (Å²) in [5.41, 5.74) is 1.78. The van der Waals surface area contributed by atoms with Crippen LogP contribution in [0.3, 0.4) is 0 Å². The van der Waals surface area contributed by atoms with Gasteiger partial charge in [-0.15, -0.1) is 10.2 Å². The van der Waals surface area contributed by atoms with Crippen LogP contribution >= 0.6 is 0 Å². The van der Waals surface area contributed by atoms with Crippen molar-refractivity contribution in [3.05, 3.63) is 53.7 Å². The highest BCUT2D eigenvalue weighted by Crippen LogP contribution is 2.28. The average molecular weight is 237 g/mol. The van der Waals surface area contributed by atoms with Crippen LogP contribution in [0.4, 0.5) is 0 Å². The normalized spacial score (nSPS) is 13.6. The second-order valence-corrected chi connectivity index (χ2v) is 3.75. The summed E-state index contributed by atoms with van der Waals surface area (Å²) in [5.74, 6) is -1.01. The number of aromatic nitrogens is 1. The van der Waals surface area contributed by atoms with Crippen molar-refractivity contribution in [1.29, 1.82) is 0 Å². The van der Waals surface area contributed by atoms with E-state index in [-0.39, 0.29) is 11.1 Å². The number of nitrogens with zero attached hydrogens (tertiary/aromatic N) is 3. The summed E-state index contributed by atoms with van der Waals surface area (Å²) in [6.07, 6.45) is 1.63. The Hall–Kier alpha value is -2.69. The lowest BCUT2D eigenvalue weighted by atomic mass is 9.96. The first kappa shape index (κ1) is 10.5. The Morgan fingerprint density at radius 2 is 1.56 bits per heavy atom. The first-order valence-corrected chi connectivity index (χ1v) is 5.32. The second kappa shape index (κ2) is 3.96. The number of hydrogen-bond donors (Lipinski definition) is 0. The maximum Gasteiger partial charge on any atom is 0.297 e. The van der Waals surface area contributed by atoms with E-state index in [0.29, 0.717) is 11.3 Å². The molecule has 5 heteroatoms. The SMILES string of the molecule is O=C1N=NC(=O)c2c1cccc2-c1ccccn1. The molecule has 2 aromatic rings. The predicted octanol–water partition coefficient (Wildman–Crippen LogP) is 2.49. The lowest BCUT2D eigenvalue weighted by molar-refractivity contribution is 0.0921. The van der Waals surface area contributed by atoms with E-state index in [2.05, 4.69) is 15.2 Å². The van der Waals surface area contributed by atoms with Gasteiger partial charge in [-0.25, -0.2) is 0 Å². The lowest BCUT2D eigenvalue weighted by Crippen LogP contribution is -2.12. The Morgan fingerprint density at radius 1 is 0.778 bits per heavy atom. The highest BCUT2D eigenvalue weighted by molar-refractivity contribution is 6.14. The van der Waals surface area contributed by atoms with E-state index >= 15 is 0 Å². The maximum absolute atomic E-state index is 11.8. The first-order chi connectivity index (χ1) is 8.77. The largest absolute Gasteiger partial charge is 0.297 e. The van der Waals surface area contributed by atoms with Crippen LogP contribution in [0, 0.1) is 0 Å². The Bertz CT molecular complexity index is 678. The van der Waals surface area contributed by atoms with Crippen molar-refractivity contribution in [2.45, 2.75) is 0 Å². The molecule has 1 aliphatic rings. The second-order valence-electron chi connectivity index (χ2n) is 3.75. The van der Waals surface area contributed by atoms with Crippen molar-refractivity contribution in [2.75, 3.05) is 0 Å². The minimum Gasteiger partial charge on any atom is -0.265 e. The number of pyridine rings is 1. The Labute approximate surface area is 102 Å². The maximum atomic E-state index is 11.8. The zero-order chi connectivity index (χ0) is 12.5. The number of carbonyl (C=O) groups excluding carboxylic acids is 2. The molecular formula is C13H7N3O2. The van der Waals surface area contributed by atoms with E-state index in [1.54, 1.807) is 36.5 Å². The van der Waals surface area contributed by atoms with Crippen LogP contribution in [-0.2, 0) is 0 Å². The summed E-state index contributed by atoms with van der Waals surface area (Å²) in [4.78, 5) is 27.5. The minimum absolute atomic E-state index is 0.274. The van der Waals surface area contributed by atoms with Gasteiger partial charge in [0.1, 0.15) is 0 Å². The molecular weight excluding hydrogens is 230 g/mol. The standard InChI is InChI=1S/C13H7N3O2/c17-12-9-5-3-4-8(10-6-1-2-7-14-10)11(9)13(18)16-15-12/h1-7H. The number of benzene rings is 1. The molecule has 0 aliphatic carbocycles. The number of carbonyl (C=O) groups is 2. The van der Waals surface area contributed by atoms with E-state index < -0.39 is 11.8 Å². The fraction of sp³-hybridized carbons (Fsp3) is 0. The van der Waals surface area contributed by atoms with Crippen molar-refractivity contribution < 1.29 is 9.59 Å².